The fourth-order valence-electron chi connectivity index (χ4n) is 4.93. The fraction of sp³-hybridized carbons (Fsp3) is 0.333. The second kappa shape index (κ2) is 10.6. The topological polar surface area (TPSA) is 124 Å². The predicted octanol–water partition coefficient (Wildman–Crippen LogP) is 4.96. The molecule has 0 saturated heterocycles. The van der Waals surface area contributed by atoms with Gasteiger partial charge in [0.1, 0.15) is 11.5 Å². The third-order valence-electron chi connectivity index (χ3n) is 6.87. The molecule has 3 aromatic carbocycles. The third kappa shape index (κ3) is 5.24. The molecule has 1 atom stereocenters. The summed E-state index contributed by atoms with van der Waals surface area (Å²) in [4.78, 5) is 3.02. The van der Waals surface area contributed by atoms with E-state index in [0.717, 1.165) is 49.7 Å². The number of fused-ring (bicyclic) bond motifs is 2. The van der Waals surface area contributed by atoms with E-state index in [-0.39, 0.29) is 5.56 Å². The van der Waals surface area contributed by atoms with Crippen LogP contribution < -0.4 is 14.5 Å². The Morgan fingerprint density at radius 2 is 1.34 bits per heavy atom. The highest BCUT2D eigenvalue weighted by Gasteiger charge is 2.34. The number of anilines is 2. The summed E-state index contributed by atoms with van der Waals surface area (Å²) in [6.45, 7) is 11.2. The van der Waals surface area contributed by atoms with Crippen LogP contribution in [0, 0.1) is 6.07 Å². The van der Waals surface area contributed by atoms with E-state index >= 15 is 0 Å². The van der Waals surface area contributed by atoms with Gasteiger partial charge in [-0.05, 0) is 63.6 Å². The van der Waals surface area contributed by atoms with E-state index < -0.39 is 35.9 Å². The number of hydrogen-bond acceptors (Lipinski definition) is 7. The lowest BCUT2D eigenvalue weighted by Crippen LogP contribution is -2.23. The molecule has 1 heterocycles. The van der Waals surface area contributed by atoms with Crippen molar-refractivity contribution in [2.45, 2.75) is 43.4 Å². The molecule has 1 aliphatic rings. The second-order valence-corrected chi connectivity index (χ2v) is 11.7. The molecule has 203 valence electrons. The van der Waals surface area contributed by atoms with Gasteiger partial charge in [0.25, 0.3) is 20.2 Å². The first-order valence-electron chi connectivity index (χ1n) is 12.4. The maximum Gasteiger partial charge on any atom is 0.294 e. The summed E-state index contributed by atoms with van der Waals surface area (Å²) in [5.74, 6) is 0.235. The summed E-state index contributed by atoms with van der Waals surface area (Å²) in [6.07, 6.45) is 0. The Morgan fingerprint density at radius 3 is 1.92 bits per heavy atom. The number of ether oxygens (including phenoxy) is 1. The Balaban J connectivity index is 2.01. The van der Waals surface area contributed by atoms with E-state index in [4.69, 9.17) is 4.74 Å². The van der Waals surface area contributed by atoms with Crippen molar-refractivity contribution < 1.29 is 30.7 Å². The summed E-state index contributed by atoms with van der Waals surface area (Å²) >= 11 is 0. The zero-order valence-corrected chi connectivity index (χ0v) is 23.3. The van der Waals surface area contributed by atoms with Gasteiger partial charge < -0.3 is 14.5 Å². The monoisotopic (exact) mass is 559 g/mol. The van der Waals surface area contributed by atoms with E-state index in [9.17, 15) is 25.9 Å². The van der Waals surface area contributed by atoms with Crippen LogP contribution in [0.25, 0.3) is 0 Å². The van der Waals surface area contributed by atoms with Crippen molar-refractivity contribution in [3.05, 3.63) is 71.3 Å². The summed E-state index contributed by atoms with van der Waals surface area (Å²) in [5, 5.41) is 0. The lowest BCUT2D eigenvalue weighted by atomic mass is 9.82. The zero-order valence-electron chi connectivity index (χ0n) is 21.7. The zero-order chi connectivity index (χ0) is 27.8. The third-order valence-corrected chi connectivity index (χ3v) is 8.62. The van der Waals surface area contributed by atoms with Crippen LogP contribution in [0.3, 0.4) is 0 Å². The van der Waals surface area contributed by atoms with Crippen molar-refractivity contribution in [1.29, 1.82) is 0 Å². The molecule has 1 unspecified atom stereocenters. The van der Waals surface area contributed by atoms with Crippen molar-refractivity contribution in [3.63, 3.8) is 0 Å². The summed E-state index contributed by atoms with van der Waals surface area (Å²) in [6, 6.07) is 15.8. The largest absolute Gasteiger partial charge is 0.457 e. The van der Waals surface area contributed by atoms with Gasteiger partial charge in [0.05, 0.1) is 9.79 Å². The van der Waals surface area contributed by atoms with Crippen LogP contribution in [0.15, 0.2) is 58.3 Å². The maximum atomic E-state index is 12.5. The lowest BCUT2D eigenvalue weighted by molar-refractivity contribution is 0.450. The standard InChI is InChI=1S/C27H31N2O7S2/c1-5-28(6-2)18-9-12-21-24(15-18)36-25-16-19(29(7-3)8-4)10-13-22(25)27(21)23-14-11-20(37(30,31)32)17-26(23)38(33,34)35/h9-12,14-17,27H,5-8H2,1-4H3,(H,30,31,32)(H,33,34,35). The summed E-state index contributed by atoms with van der Waals surface area (Å²) in [7, 11) is -9.59. The molecule has 0 amide bonds. The van der Waals surface area contributed by atoms with Crippen molar-refractivity contribution in [1.82, 2.24) is 0 Å². The van der Waals surface area contributed by atoms with Gasteiger partial charge in [0, 0.05) is 66.7 Å². The maximum absolute atomic E-state index is 12.5. The summed E-state index contributed by atoms with van der Waals surface area (Å²) in [5.41, 5.74) is 3.11. The van der Waals surface area contributed by atoms with E-state index in [2.05, 4.69) is 15.9 Å². The molecule has 0 spiro atoms. The molecule has 1 aliphatic heterocycles. The highest BCUT2D eigenvalue weighted by atomic mass is 32.2. The minimum Gasteiger partial charge on any atom is -0.457 e. The van der Waals surface area contributed by atoms with Crippen LogP contribution >= 0.6 is 0 Å². The second-order valence-electron chi connectivity index (χ2n) is 8.89. The quantitative estimate of drug-likeness (QED) is 0.274. The molecule has 0 bridgehead atoms. The van der Waals surface area contributed by atoms with E-state index in [0.29, 0.717) is 22.6 Å². The molecule has 11 heteroatoms. The van der Waals surface area contributed by atoms with E-state index in [1.165, 1.54) is 6.07 Å². The Kier molecular flexibility index (Phi) is 7.76. The Hall–Kier alpha value is -3.12. The molecule has 3 aromatic rings. The summed E-state index contributed by atoms with van der Waals surface area (Å²) < 4.78 is 74.4. The molecule has 0 aliphatic carbocycles. The van der Waals surface area contributed by atoms with Crippen LogP contribution in [-0.2, 0) is 20.2 Å². The molecule has 0 fully saturated rings. The van der Waals surface area contributed by atoms with Crippen molar-refractivity contribution in [3.8, 4) is 11.5 Å². The van der Waals surface area contributed by atoms with Crippen molar-refractivity contribution >= 4 is 31.6 Å². The van der Waals surface area contributed by atoms with Gasteiger partial charge in [-0.15, -0.1) is 0 Å². The first kappa shape index (κ1) is 27.9. The van der Waals surface area contributed by atoms with Gasteiger partial charge in [-0.2, -0.15) is 16.8 Å². The molecular formula is C27H31N2O7S2. The van der Waals surface area contributed by atoms with Gasteiger partial charge in [-0.25, -0.2) is 0 Å². The Morgan fingerprint density at radius 1 is 0.763 bits per heavy atom. The average molecular weight is 560 g/mol. The van der Waals surface area contributed by atoms with Crippen molar-refractivity contribution in [2.75, 3.05) is 36.0 Å². The van der Waals surface area contributed by atoms with Gasteiger partial charge in [-0.3, -0.25) is 9.11 Å². The number of hydrogen-bond donors (Lipinski definition) is 2. The molecule has 9 nitrogen and oxygen atoms in total. The van der Waals surface area contributed by atoms with Crippen LogP contribution in [0.2, 0.25) is 0 Å². The Labute approximate surface area is 224 Å². The molecule has 38 heavy (non-hydrogen) atoms. The SMILES string of the molecule is CCN(CC)c1c[c]c2c(c1)Oc1cc(N(CC)CC)ccc1C2c1ccc(S(=O)(=O)O)cc1S(=O)(=O)O. The minimum absolute atomic E-state index is 0.133. The molecule has 2 N–H and O–H groups in total. The molecule has 0 saturated carbocycles. The first-order valence-corrected chi connectivity index (χ1v) is 15.3. The number of rotatable bonds is 9. The van der Waals surface area contributed by atoms with Gasteiger partial charge >= 0.3 is 0 Å². The van der Waals surface area contributed by atoms with E-state index in [1.54, 1.807) is 6.07 Å². The first-order chi connectivity index (χ1) is 17.9. The fourth-order valence-corrected chi connectivity index (χ4v) is 6.27. The van der Waals surface area contributed by atoms with Gasteiger partial charge in [0.15, 0.2) is 0 Å². The number of nitrogens with zero attached hydrogens (tertiary/aromatic N) is 2. The van der Waals surface area contributed by atoms with Crippen LogP contribution in [0.4, 0.5) is 11.4 Å². The van der Waals surface area contributed by atoms with Crippen molar-refractivity contribution in [2.24, 2.45) is 0 Å². The highest BCUT2D eigenvalue weighted by molar-refractivity contribution is 7.86. The normalized spacial score (nSPS) is 13.4. The molecule has 1 radical (unpaired) electrons. The van der Waals surface area contributed by atoms with E-state index in [1.807, 2.05) is 52.0 Å². The average Bonchev–Trinajstić information content (AvgIpc) is 2.87. The van der Waals surface area contributed by atoms with Crippen LogP contribution in [0.5, 0.6) is 11.5 Å². The Bertz CT molecular complexity index is 1500. The molecule has 4 rings (SSSR count). The lowest BCUT2D eigenvalue weighted by Gasteiger charge is -2.32. The highest BCUT2D eigenvalue weighted by Crippen LogP contribution is 2.50. The predicted molar refractivity (Wildman–Crippen MR) is 146 cm³/mol. The molecule has 0 aromatic heterocycles. The van der Waals surface area contributed by atoms with Crippen LogP contribution in [0.1, 0.15) is 50.3 Å². The molecular weight excluding hydrogens is 528 g/mol. The number of benzene rings is 3. The van der Waals surface area contributed by atoms with Crippen LogP contribution in [-0.4, -0.2) is 52.1 Å². The van der Waals surface area contributed by atoms with Gasteiger partial charge in [-0.1, -0.05) is 12.1 Å². The van der Waals surface area contributed by atoms with Gasteiger partial charge in [0.2, 0.25) is 0 Å². The smallest absolute Gasteiger partial charge is 0.294 e. The minimum atomic E-state index is -4.88.